The van der Waals surface area contributed by atoms with E-state index in [1.54, 1.807) is 22.9 Å². The second kappa shape index (κ2) is 6.67. The van der Waals surface area contributed by atoms with Crippen LogP contribution >= 0.6 is 11.6 Å². The molecule has 1 aromatic rings. The highest BCUT2D eigenvalue weighted by molar-refractivity contribution is 6.31. The third-order valence-corrected chi connectivity index (χ3v) is 6.02. The highest BCUT2D eigenvalue weighted by Crippen LogP contribution is 2.42. The van der Waals surface area contributed by atoms with E-state index in [0.29, 0.717) is 31.0 Å². The summed E-state index contributed by atoms with van der Waals surface area (Å²) in [6.45, 7) is 0.898. The largest absolute Gasteiger partial charge is 0.481 e. The van der Waals surface area contributed by atoms with Gasteiger partial charge in [-0.05, 0) is 24.5 Å². The fraction of sp³-hybridized carbons (Fsp3) is 0.500. The fourth-order valence-electron chi connectivity index (χ4n) is 4.04. The molecule has 1 atom stereocenters. The van der Waals surface area contributed by atoms with Gasteiger partial charge in [-0.1, -0.05) is 29.8 Å². The summed E-state index contributed by atoms with van der Waals surface area (Å²) in [5, 5.41) is 10.1. The molecule has 0 aliphatic carbocycles. The molecule has 1 aromatic carbocycles. The molecule has 0 bridgehead atoms. The number of nitrogens with zero attached hydrogens (tertiary/aromatic N) is 2. The quantitative estimate of drug-likeness (QED) is 0.887. The summed E-state index contributed by atoms with van der Waals surface area (Å²) >= 11 is 6.11. The number of carboxylic acid groups (broad SMARTS) is 1. The number of hydrogen-bond acceptors (Lipinski definition) is 3. The van der Waals surface area contributed by atoms with Crippen LogP contribution in [0.5, 0.6) is 0 Å². The third-order valence-electron chi connectivity index (χ3n) is 5.65. The van der Waals surface area contributed by atoms with E-state index in [9.17, 15) is 19.5 Å². The Hall–Kier alpha value is -2.08. The predicted octanol–water partition coefficient (Wildman–Crippen LogP) is 1.81. The van der Waals surface area contributed by atoms with Crippen LogP contribution in [0.1, 0.15) is 24.8 Å². The molecule has 134 valence electrons. The van der Waals surface area contributed by atoms with Crippen LogP contribution in [-0.4, -0.2) is 58.4 Å². The van der Waals surface area contributed by atoms with Crippen molar-refractivity contribution < 1.29 is 19.5 Å². The molecule has 1 spiro atoms. The van der Waals surface area contributed by atoms with E-state index in [4.69, 9.17) is 11.6 Å². The van der Waals surface area contributed by atoms with Gasteiger partial charge in [-0.2, -0.15) is 0 Å². The highest BCUT2D eigenvalue weighted by atomic mass is 35.5. The molecular weight excluding hydrogens is 344 g/mol. The normalized spacial score (nSPS) is 22.5. The standard InChI is InChI=1S/C18H21ClN2O4/c1-20-15(22)11-13(17(24)25)18(20)6-8-21(9-7-18)16(23)10-12-4-2-3-5-14(12)19/h2-5,13H,6-11H2,1H3,(H,24,25). The Morgan fingerprint density at radius 3 is 2.52 bits per heavy atom. The second-order valence-electron chi connectivity index (χ2n) is 6.80. The van der Waals surface area contributed by atoms with Crippen molar-refractivity contribution in [1.29, 1.82) is 0 Å². The zero-order valence-corrected chi connectivity index (χ0v) is 14.8. The Kier molecular flexibility index (Phi) is 4.73. The summed E-state index contributed by atoms with van der Waals surface area (Å²) in [6, 6.07) is 7.25. The van der Waals surface area contributed by atoms with Crippen molar-refractivity contribution in [2.75, 3.05) is 20.1 Å². The summed E-state index contributed by atoms with van der Waals surface area (Å²) < 4.78 is 0. The van der Waals surface area contributed by atoms with Gasteiger partial charge < -0.3 is 14.9 Å². The fourth-order valence-corrected chi connectivity index (χ4v) is 4.25. The Balaban J connectivity index is 1.69. The summed E-state index contributed by atoms with van der Waals surface area (Å²) in [7, 11) is 1.67. The Labute approximate surface area is 151 Å². The topological polar surface area (TPSA) is 77.9 Å². The first-order valence-electron chi connectivity index (χ1n) is 8.36. The number of halogens is 1. The summed E-state index contributed by atoms with van der Waals surface area (Å²) in [6.07, 6.45) is 1.24. The van der Waals surface area contributed by atoms with Crippen LogP contribution in [0.3, 0.4) is 0 Å². The van der Waals surface area contributed by atoms with Gasteiger partial charge in [-0.25, -0.2) is 0 Å². The van der Waals surface area contributed by atoms with Crippen molar-refractivity contribution in [2.24, 2.45) is 5.92 Å². The number of carbonyl (C=O) groups excluding carboxylic acids is 2. The van der Waals surface area contributed by atoms with E-state index in [-0.39, 0.29) is 24.7 Å². The monoisotopic (exact) mass is 364 g/mol. The molecule has 7 heteroatoms. The highest BCUT2D eigenvalue weighted by Gasteiger charge is 2.55. The first-order valence-corrected chi connectivity index (χ1v) is 8.73. The first-order chi connectivity index (χ1) is 11.8. The first kappa shape index (κ1) is 17.7. The molecule has 0 aromatic heterocycles. The second-order valence-corrected chi connectivity index (χ2v) is 7.21. The molecule has 0 saturated carbocycles. The van der Waals surface area contributed by atoms with Crippen molar-refractivity contribution in [3.8, 4) is 0 Å². The lowest BCUT2D eigenvalue weighted by atomic mass is 9.77. The van der Waals surface area contributed by atoms with Crippen LogP contribution in [0.25, 0.3) is 0 Å². The number of piperidine rings is 1. The van der Waals surface area contributed by atoms with E-state index in [0.717, 1.165) is 5.56 Å². The zero-order chi connectivity index (χ0) is 18.2. The maximum atomic E-state index is 12.6. The molecular formula is C18H21ClN2O4. The average molecular weight is 365 g/mol. The lowest BCUT2D eigenvalue weighted by molar-refractivity contribution is -0.146. The van der Waals surface area contributed by atoms with Gasteiger partial charge in [0.1, 0.15) is 0 Å². The number of aliphatic carboxylic acids is 1. The van der Waals surface area contributed by atoms with E-state index in [2.05, 4.69) is 0 Å². The molecule has 2 saturated heterocycles. The van der Waals surface area contributed by atoms with Crippen LogP contribution in [0, 0.1) is 5.92 Å². The van der Waals surface area contributed by atoms with Gasteiger partial charge in [0.25, 0.3) is 0 Å². The van der Waals surface area contributed by atoms with Crippen molar-refractivity contribution in [3.05, 3.63) is 34.9 Å². The minimum absolute atomic E-state index is 0.0261. The Morgan fingerprint density at radius 2 is 1.92 bits per heavy atom. The summed E-state index contributed by atoms with van der Waals surface area (Å²) in [4.78, 5) is 39.5. The van der Waals surface area contributed by atoms with Gasteiger partial charge in [-0.15, -0.1) is 0 Å². The average Bonchev–Trinajstić information content (AvgIpc) is 2.83. The van der Waals surface area contributed by atoms with E-state index in [1.165, 1.54) is 0 Å². The molecule has 2 fully saturated rings. The van der Waals surface area contributed by atoms with Crippen molar-refractivity contribution >= 4 is 29.4 Å². The van der Waals surface area contributed by atoms with Crippen LogP contribution in [0.2, 0.25) is 5.02 Å². The number of likely N-dealkylation sites (tertiary alicyclic amines) is 2. The van der Waals surface area contributed by atoms with Gasteiger partial charge in [0, 0.05) is 31.6 Å². The number of benzene rings is 1. The van der Waals surface area contributed by atoms with Crippen molar-refractivity contribution in [3.63, 3.8) is 0 Å². The van der Waals surface area contributed by atoms with Gasteiger partial charge in [0.05, 0.1) is 17.9 Å². The molecule has 25 heavy (non-hydrogen) atoms. The van der Waals surface area contributed by atoms with Crippen LogP contribution in [-0.2, 0) is 20.8 Å². The number of hydrogen-bond donors (Lipinski definition) is 1. The van der Waals surface area contributed by atoms with E-state index < -0.39 is 17.4 Å². The molecule has 2 heterocycles. The van der Waals surface area contributed by atoms with E-state index >= 15 is 0 Å². The lowest BCUT2D eigenvalue weighted by Crippen LogP contribution is -2.57. The smallest absolute Gasteiger partial charge is 0.309 e. The maximum Gasteiger partial charge on any atom is 0.309 e. The number of amides is 2. The van der Waals surface area contributed by atoms with Gasteiger partial charge in [0.2, 0.25) is 11.8 Å². The minimum Gasteiger partial charge on any atom is -0.481 e. The number of carboxylic acids is 1. The zero-order valence-electron chi connectivity index (χ0n) is 14.1. The van der Waals surface area contributed by atoms with Crippen LogP contribution < -0.4 is 0 Å². The van der Waals surface area contributed by atoms with Crippen molar-refractivity contribution in [2.45, 2.75) is 31.2 Å². The lowest BCUT2D eigenvalue weighted by Gasteiger charge is -2.45. The number of carbonyl (C=O) groups is 3. The molecule has 0 radical (unpaired) electrons. The molecule has 2 amide bonds. The number of rotatable bonds is 3. The Morgan fingerprint density at radius 1 is 1.28 bits per heavy atom. The molecule has 2 aliphatic heterocycles. The molecule has 3 rings (SSSR count). The third kappa shape index (κ3) is 3.11. The van der Waals surface area contributed by atoms with Crippen LogP contribution in [0.15, 0.2) is 24.3 Å². The summed E-state index contributed by atoms with van der Waals surface area (Å²) in [5.74, 6) is -1.80. The minimum atomic E-state index is -0.937. The predicted molar refractivity (Wildman–Crippen MR) is 92.2 cm³/mol. The molecule has 2 aliphatic rings. The van der Waals surface area contributed by atoms with Crippen LogP contribution in [0.4, 0.5) is 0 Å². The molecule has 6 nitrogen and oxygen atoms in total. The molecule has 1 N–H and O–H groups in total. The maximum absolute atomic E-state index is 12.6. The molecule has 1 unspecified atom stereocenters. The summed E-state index contributed by atoms with van der Waals surface area (Å²) in [5.41, 5.74) is 0.107. The van der Waals surface area contributed by atoms with Gasteiger partial charge in [0.15, 0.2) is 0 Å². The van der Waals surface area contributed by atoms with Gasteiger partial charge in [-0.3, -0.25) is 14.4 Å². The Bertz CT molecular complexity index is 713. The van der Waals surface area contributed by atoms with Crippen molar-refractivity contribution in [1.82, 2.24) is 9.80 Å². The SMILES string of the molecule is CN1C(=O)CC(C(=O)O)C12CCN(C(=O)Cc1ccccc1Cl)CC2. The van der Waals surface area contributed by atoms with Gasteiger partial charge >= 0.3 is 5.97 Å². The van der Waals surface area contributed by atoms with E-state index in [1.807, 2.05) is 18.2 Å².